The van der Waals surface area contributed by atoms with Crippen molar-refractivity contribution in [3.8, 4) is 6.07 Å². The molecule has 0 saturated carbocycles. The number of fused-ring (bicyclic) bond motifs is 1. The minimum absolute atomic E-state index is 0.0648. The quantitative estimate of drug-likeness (QED) is 0.843. The van der Waals surface area contributed by atoms with Crippen molar-refractivity contribution in [2.24, 2.45) is 0 Å². The molecule has 0 unspecified atom stereocenters. The minimum Gasteiger partial charge on any atom is -0.329 e. The van der Waals surface area contributed by atoms with Crippen LogP contribution in [0.4, 0.5) is 13.2 Å². The minimum atomic E-state index is -4.90. The fourth-order valence-corrected chi connectivity index (χ4v) is 4.06. The molecule has 11 heteroatoms. The number of imidazole rings is 1. The molecular weight excluding hydrogens is 389 g/mol. The molecule has 0 aliphatic rings. The van der Waals surface area contributed by atoms with Crippen LogP contribution in [0.5, 0.6) is 0 Å². The second kappa shape index (κ2) is 5.22. The first-order valence-electron chi connectivity index (χ1n) is 5.62. The van der Waals surface area contributed by atoms with Crippen LogP contribution in [0.3, 0.4) is 0 Å². The molecule has 118 valence electrons. The van der Waals surface area contributed by atoms with Crippen LogP contribution in [0.2, 0.25) is 0 Å². The third-order valence-corrected chi connectivity index (χ3v) is 5.76. The van der Waals surface area contributed by atoms with Gasteiger partial charge < -0.3 is 4.98 Å². The smallest absolute Gasteiger partial charge is 0.329 e. The van der Waals surface area contributed by atoms with E-state index in [1.807, 2.05) is 0 Å². The van der Waals surface area contributed by atoms with E-state index in [0.29, 0.717) is 10.4 Å². The van der Waals surface area contributed by atoms with Crippen molar-refractivity contribution < 1.29 is 21.6 Å². The molecule has 6 nitrogen and oxygen atoms in total. The third kappa shape index (κ3) is 2.57. The zero-order chi connectivity index (χ0) is 16.9. The molecule has 22 heavy (non-hydrogen) atoms. The zero-order valence-corrected chi connectivity index (χ0v) is 13.6. The summed E-state index contributed by atoms with van der Waals surface area (Å²) in [6, 6.07) is 2.28. The van der Waals surface area contributed by atoms with E-state index in [1.165, 1.54) is 0 Å². The Morgan fingerprint density at radius 1 is 1.41 bits per heavy atom. The molecule has 0 bridgehead atoms. The summed E-state index contributed by atoms with van der Waals surface area (Å²) in [6.07, 6.45) is -4.90. The Labute approximate surface area is 131 Å². The van der Waals surface area contributed by atoms with Crippen LogP contribution in [0.1, 0.15) is 11.4 Å². The van der Waals surface area contributed by atoms with E-state index in [0.717, 1.165) is 14.1 Å². The maximum Gasteiger partial charge on any atom is 0.417 e. The summed E-state index contributed by atoms with van der Waals surface area (Å²) < 4.78 is 64.5. The van der Waals surface area contributed by atoms with Gasteiger partial charge in [-0.05, 0) is 22.0 Å². The molecule has 1 N–H and O–H groups in total. The summed E-state index contributed by atoms with van der Waals surface area (Å²) in [5.41, 5.74) is -1.49. The Kier molecular flexibility index (Phi) is 3.97. The molecule has 0 saturated heterocycles. The van der Waals surface area contributed by atoms with Crippen LogP contribution >= 0.6 is 15.9 Å². The number of hydrogen-bond acceptors (Lipinski definition) is 4. The number of benzene rings is 1. The highest BCUT2D eigenvalue weighted by Gasteiger charge is 2.40. The predicted molar refractivity (Wildman–Crippen MR) is 74.4 cm³/mol. The number of nitrogens with one attached hydrogen (secondary N) is 1. The number of nitrogens with zero attached hydrogens (tertiary/aromatic N) is 3. The second-order valence-corrected chi connectivity index (χ2v) is 7.33. The molecule has 0 fully saturated rings. The Balaban J connectivity index is 3.01. The van der Waals surface area contributed by atoms with Crippen molar-refractivity contribution in [1.82, 2.24) is 14.3 Å². The monoisotopic (exact) mass is 396 g/mol. The maximum atomic E-state index is 13.2. The van der Waals surface area contributed by atoms with E-state index in [1.54, 1.807) is 6.07 Å². The van der Waals surface area contributed by atoms with Crippen molar-refractivity contribution in [2.75, 3.05) is 14.1 Å². The third-order valence-electron chi connectivity index (χ3n) is 2.82. The van der Waals surface area contributed by atoms with Crippen molar-refractivity contribution in [3.05, 3.63) is 21.9 Å². The van der Waals surface area contributed by atoms with Crippen LogP contribution in [0.15, 0.2) is 15.4 Å². The number of nitriles is 1. The van der Waals surface area contributed by atoms with E-state index >= 15 is 0 Å². The fourth-order valence-electron chi connectivity index (χ4n) is 1.79. The molecule has 2 aromatic rings. The van der Waals surface area contributed by atoms with Gasteiger partial charge in [0.05, 0.1) is 15.6 Å². The predicted octanol–water partition coefficient (Wildman–Crippen LogP) is 2.47. The Bertz CT molecular complexity index is 897. The van der Waals surface area contributed by atoms with Gasteiger partial charge in [0.1, 0.15) is 16.5 Å². The molecule has 0 spiro atoms. The second-order valence-electron chi connectivity index (χ2n) is 4.45. The summed E-state index contributed by atoms with van der Waals surface area (Å²) in [4.78, 5) is 5.23. The van der Waals surface area contributed by atoms with Gasteiger partial charge in [-0.1, -0.05) is 0 Å². The van der Waals surface area contributed by atoms with Crippen LogP contribution in [0, 0.1) is 11.3 Å². The lowest BCUT2D eigenvalue weighted by atomic mass is 10.2. The first kappa shape index (κ1) is 16.7. The van der Waals surface area contributed by atoms with Crippen molar-refractivity contribution in [2.45, 2.75) is 11.1 Å². The number of alkyl halides is 3. The summed E-state index contributed by atoms with van der Waals surface area (Å²) >= 11 is 2.87. The largest absolute Gasteiger partial charge is 0.417 e. The molecule has 1 aromatic carbocycles. The van der Waals surface area contributed by atoms with Gasteiger partial charge in [0.25, 0.3) is 0 Å². The van der Waals surface area contributed by atoms with E-state index in [-0.39, 0.29) is 21.3 Å². The molecule has 2 rings (SSSR count). The van der Waals surface area contributed by atoms with Crippen molar-refractivity contribution in [1.29, 1.82) is 5.26 Å². The number of halogens is 4. The lowest BCUT2D eigenvalue weighted by Gasteiger charge is -2.18. The first-order chi connectivity index (χ1) is 10.00. The summed E-state index contributed by atoms with van der Waals surface area (Å²) in [7, 11) is -2.14. The van der Waals surface area contributed by atoms with E-state index in [9.17, 15) is 21.6 Å². The highest BCUT2D eigenvalue weighted by Crippen LogP contribution is 2.41. The van der Waals surface area contributed by atoms with Crippen LogP contribution in [0.25, 0.3) is 11.0 Å². The van der Waals surface area contributed by atoms with Gasteiger partial charge in [-0.3, -0.25) is 0 Å². The molecule has 1 heterocycles. The standard InChI is InChI=1S/C11H8BrF3N4O2S/c1-19(2)22(20,21)10-5(11(13,14)15)3-6-9(8(10)12)18-7(4-16)17-6/h3H,1-2H3,(H,17,18). The molecule has 0 radical (unpaired) electrons. The SMILES string of the molecule is CN(C)S(=O)(=O)c1c(C(F)(F)F)cc2[nH]c(C#N)nc2c1Br. The van der Waals surface area contributed by atoms with Crippen LogP contribution in [-0.2, 0) is 16.2 Å². The fraction of sp³-hybridized carbons (Fsp3) is 0.273. The molecule has 0 aliphatic heterocycles. The molecular formula is C11H8BrF3N4O2S. The molecule has 0 amide bonds. The number of rotatable bonds is 2. The van der Waals surface area contributed by atoms with Crippen molar-refractivity contribution >= 4 is 37.0 Å². The molecule has 0 atom stereocenters. The number of sulfonamides is 1. The molecule has 1 aromatic heterocycles. The summed E-state index contributed by atoms with van der Waals surface area (Å²) in [5, 5.41) is 8.77. The Morgan fingerprint density at radius 2 is 2.00 bits per heavy atom. The average Bonchev–Trinajstić information content (AvgIpc) is 2.80. The lowest BCUT2D eigenvalue weighted by Crippen LogP contribution is -2.26. The van der Waals surface area contributed by atoms with Gasteiger partial charge in [-0.25, -0.2) is 17.7 Å². The van der Waals surface area contributed by atoms with Crippen LogP contribution in [-0.4, -0.2) is 36.8 Å². The Hall–Kier alpha value is -1.64. The van der Waals surface area contributed by atoms with E-state index < -0.39 is 26.7 Å². The number of aromatic nitrogens is 2. The maximum absolute atomic E-state index is 13.2. The highest BCUT2D eigenvalue weighted by molar-refractivity contribution is 9.10. The van der Waals surface area contributed by atoms with Gasteiger partial charge in [-0.2, -0.15) is 18.4 Å². The van der Waals surface area contributed by atoms with E-state index in [2.05, 4.69) is 25.9 Å². The summed E-state index contributed by atoms with van der Waals surface area (Å²) in [5.74, 6) is -0.219. The summed E-state index contributed by atoms with van der Waals surface area (Å²) in [6.45, 7) is 0. The van der Waals surface area contributed by atoms with Gasteiger partial charge in [0, 0.05) is 14.1 Å². The topological polar surface area (TPSA) is 89.9 Å². The average molecular weight is 397 g/mol. The van der Waals surface area contributed by atoms with Gasteiger partial charge in [0.15, 0.2) is 0 Å². The number of aromatic amines is 1. The van der Waals surface area contributed by atoms with Crippen molar-refractivity contribution in [3.63, 3.8) is 0 Å². The van der Waals surface area contributed by atoms with Gasteiger partial charge >= 0.3 is 6.18 Å². The first-order valence-corrected chi connectivity index (χ1v) is 7.85. The van der Waals surface area contributed by atoms with Crippen LogP contribution < -0.4 is 0 Å². The molecule has 0 aliphatic carbocycles. The lowest BCUT2D eigenvalue weighted by molar-refractivity contribution is -0.139. The van der Waals surface area contributed by atoms with E-state index in [4.69, 9.17) is 5.26 Å². The van der Waals surface area contributed by atoms with Gasteiger partial charge in [-0.15, -0.1) is 0 Å². The zero-order valence-electron chi connectivity index (χ0n) is 11.2. The van der Waals surface area contributed by atoms with Gasteiger partial charge in [0.2, 0.25) is 15.8 Å². The Morgan fingerprint density at radius 3 is 2.45 bits per heavy atom. The normalized spacial score (nSPS) is 12.8. The number of H-pyrrole nitrogens is 1. The number of hydrogen-bond donors (Lipinski definition) is 1. The highest BCUT2D eigenvalue weighted by atomic mass is 79.9.